The van der Waals surface area contributed by atoms with E-state index in [1.54, 1.807) is 16.9 Å². The van der Waals surface area contributed by atoms with Gasteiger partial charge in [0.2, 0.25) is 0 Å². The van der Waals surface area contributed by atoms with Crippen LogP contribution in [0.25, 0.3) is 5.65 Å². The third-order valence-corrected chi connectivity index (χ3v) is 1.61. The van der Waals surface area contributed by atoms with Gasteiger partial charge in [-0.25, -0.2) is 0 Å². The number of nitrogens with zero attached hydrogens (tertiary/aromatic N) is 5. The number of hydrogen-bond acceptors (Lipinski definition) is 4. The lowest BCUT2D eigenvalue weighted by Gasteiger charge is -1.89. The molecule has 6 heteroatoms. The molecular weight excluding hydrogens is 198 g/mol. The van der Waals surface area contributed by atoms with Gasteiger partial charge in [-0.3, -0.25) is 4.98 Å². The molecule has 0 aliphatic carbocycles. The zero-order valence-electron chi connectivity index (χ0n) is 4.77. The van der Waals surface area contributed by atoms with Gasteiger partial charge >= 0.3 is 0 Å². The summed E-state index contributed by atoms with van der Waals surface area (Å²) in [6, 6.07) is 0. The van der Waals surface area contributed by atoms with E-state index in [0.717, 1.165) is 4.60 Å². The minimum absolute atomic E-state index is 0.634. The van der Waals surface area contributed by atoms with Crippen LogP contribution in [0.15, 0.2) is 17.0 Å². The summed E-state index contributed by atoms with van der Waals surface area (Å²) in [4.78, 5) is 3.87. The highest BCUT2D eigenvalue weighted by Gasteiger charge is 1.98. The first-order valence-corrected chi connectivity index (χ1v) is 3.35. The van der Waals surface area contributed by atoms with E-state index in [4.69, 9.17) is 0 Å². The highest BCUT2D eigenvalue weighted by Crippen LogP contribution is 2.06. The van der Waals surface area contributed by atoms with Crippen LogP contribution in [-0.2, 0) is 0 Å². The molecule has 0 aromatic carbocycles. The molecule has 0 saturated carbocycles. The Hall–Kier alpha value is -1.04. The van der Waals surface area contributed by atoms with Gasteiger partial charge in [-0.1, -0.05) is 0 Å². The second-order valence-corrected chi connectivity index (χ2v) is 2.49. The molecular formula is C4H2BrN5. The second kappa shape index (κ2) is 1.98. The Kier molecular flexibility index (Phi) is 1.13. The molecule has 0 saturated heterocycles. The Morgan fingerprint density at radius 3 is 3.10 bits per heavy atom. The largest absolute Gasteiger partial charge is 0.258 e. The van der Waals surface area contributed by atoms with E-state index < -0.39 is 0 Å². The molecule has 2 aromatic heterocycles. The first kappa shape index (κ1) is 5.72. The zero-order chi connectivity index (χ0) is 6.97. The lowest BCUT2D eigenvalue weighted by Crippen LogP contribution is -1.89. The molecule has 0 aliphatic rings. The summed E-state index contributed by atoms with van der Waals surface area (Å²) in [5, 5.41) is 10.8. The van der Waals surface area contributed by atoms with Crippen molar-refractivity contribution in [1.82, 2.24) is 25.0 Å². The lowest BCUT2D eigenvalue weighted by molar-refractivity contribution is 0.807. The van der Waals surface area contributed by atoms with Gasteiger partial charge in [0.05, 0.1) is 12.4 Å². The quantitative estimate of drug-likeness (QED) is 0.612. The van der Waals surface area contributed by atoms with E-state index in [2.05, 4.69) is 36.4 Å². The van der Waals surface area contributed by atoms with Crippen LogP contribution in [0.5, 0.6) is 0 Å². The molecule has 0 radical (unpaired) electrons. The van der Waals surface area contributed by atoms with Crippen LogP contribution in [0.4, 0.5) is 0 Å². The number of rotatable bonds is 0. The van der Waals surface area contributed by atoms with Crippen LogP contribution in [-0.4, -0.2) is 25.0 Å². The van der Waals surface area contributed by atoms with Crippen molar-refractivity contribution in [3.63, 3.8) is 0 Å². The SMILES string of the molecule is Brc1cncc2nnnn12. The molecule has 2 aromatic rings. The highest BCUT2D eigenvalue weighted by atomic mass is 79.9. The fourth-order valence-electron chi connectivity index (χ4n) is 0.647. The Balaban J connectivity index is 2.95. The summed E-state index contributed by atoms with van der Waals surface area (Å²) in [7, 11) is 0. The van der Waals surface area contributed by atoms with Gasteiger partial charge in [-0.05, 0) is 26.4 Å². The number of halogens is 1. The second-order valence-electron chi connectivity index (χ2n) is 1.68. The van der Waals surface area contributed by atoms with Gasteiger partial charge in [-0.15, -0.1) is 5.10 Å². The van der Waals surface area contributed by atoms with Gasteiger partial charge in [0.15, 0.2) is 5.65 Å². The Bertz CT molecular complexity index is 355. The summed E-state index contributed by atoms with van der Waals surface area (Å²) in [6.07, 6.45) is 3.22. The molecule has 50 valence electrons. The van der Waals surface area contributed by atoms with E-state index in [9.17, 15) is 0 Å². The van der Waals surface area contributed by atoms with Crippen molar-refractivity contribution in [3.05, 3.63) is 17.0 Å². The van der Waals surface area contributed by atoms with E-state index >= 15 is 0 Å². The summed E-state index contributed by atoms with van der Waals surface area (Å²) in [5.74, 6) is 0. The molecule has 10 heavy (non-hydrogen) atoms. The summed E-state index contributed by atoms with van der Waals surface area (Å²) >= 11 is 3.23. The highest BCUT2D eigenvalue weighted by molar-refractivity contribution is 9.10. The first-order chi connectivity index (χ1) is 4.88. The monoisotopic (exact) mass is 199 g/mol. The van der Waals surface area contributed by atoms with Crippen molar-refractivity contribution in [3.8, 4) is 0 Å². The summed E-state index contributed by atoms with van der Waals surface area (Å²) in [5.41, 5.74) is 0.634. The van der Waals surface area contributed by atoms with Gasteiger partial charge < -0.3 is 0 Å². The van der Waals surface area contributed by atoms with E-state index in [1.165, 1.54) is 0 Å². The normalized spacial score (nSPS) is 10.5. The van der Waals surface area contributed by atoms with Crippen molar-refractivity contribution < 1.29 is 0 Å². The molecule has 0 spiro atoms. The topological polar surface area (TPSA) is 56.0 Å². The molecule has 0 fully saturated rings. The fraction of sp³-hybridized carbons (Fsp3) is 0. The Morgan fingerprint density at radius 1 is 1.40 bits per heavy atom. The van der Waals surface area contributed by atoms with Crippen molar-refractivity contribution in [2.45, 2.75) is 0 Å². The Labute approximate surface area is 64.2 Å². The maximum Gasteiger partial charge on any atom is 0.198 e. The summed E-state index contributed by atoms with van der Waals surface area (Å²) in [6.45, 7) is 0. The van der Waals surface area contributed by atoms with E-state index in [-0.39, 0.29) is 0 Å². The minimum Gasteiger partial charge on any atom is -0.258 e. The lowest BCUT2D eigenvalue weighted by atomic mass is 10.7. The smallest absolute Gasteiger partial charge is 0.198 e. The number of fused-ring (bicyclic) bond motifs is 1. The van der Waals surface area contributed by atoms with Gasteiger partial charge in [0.25, 0.3) is 0 Å². The van der Waals surface area contributed by atoms with E-state index in [0.29, 0.717) is 5.65 Å². The van der Waals surface area contributed by atoms with Crippen molar-refractivity contribution in [2.75, 3.05) is 0 Å². The van der Waals surface area contributed by atoms with Gasteiger partial charge in [0, 0.05) is 0 Å². The molecule has 0 bridgehead atoms. The molecule has 2 rings (SSSR count). The standard InChI is InChI=1S/C4H2BrN5/c5-3-1-6-2-4-7-8-9-10(3)4/h1-2H. The van der Waals surface area contributed by atoms with E-state index in [1.807, 2.05) is 0 Å². The molecule has 0 amide bonds. The Morgan fingerprint density at radius 2 is 2.30 bits per heavy atom. The van der Waals surface area contributed by atoms with Gasteiger partial charge in [-0.2, -0.15) is 4.52 Å². The third-order valence-electron chi connectivity index (χ3n) is 1.07. The molecule has 2 heterocycles. The predicted octanol–water partition coefficient (Wildman–Crippen LogP) is 0.282. The molecule has 0 unspecified atom stereocenters. The third kappa shape index (κ3) is 0.688. The van der Waals surface area contributed by atoms with Crippen LogP contribution in [0, 0.1) is 0 Å². The van der Waals surface area contributed by atoms with Crippen LogP contribution in [0.3, 0.4) is 0 Å². The van der Waals surface area contributed by atoms with Crippen LogP contribution >= 0.6 is 15.9 Å². The maximum atomic E-state index is 3.87. The van der Waals surface area contributed by atoms with Crippen molar-refractivity contribution in [1.29, 1.82) is 0 Å². The molecule has 0 atom stereocenters. The average Bonchev–Trinajstić information content (AvgIpc) is 2.36. The number of tetrazole rings is 1. The average molecular weight is 200 g/mol. The van der Waals surface area contributed by atoms with Crippen molar-refractivity contribution >= 4 is 21.6 Å². The first-order valence-electron chi connectivity index (χ1n) is 2.55. The van der Waals surface area contributed by atoms with Crippen LogP contribution in [0.1, 0.15) is 0 Å². The number of hydrogen-bond donors (Lipinski definition) is 0. The zero-order valence-corrected chi connectivity index (χ0v) is 6.35. The molecule has 0 aliphatic heterocycles. The molecule has 5 nitrogen and oxygen atoms in total. The predicted molar refractivity (Wildman–Crippen MR) is 36.3 cm³/mol. The number of aromatic nitrogens is 5. The van der Waals surface area contributed by atoms with Crippen LogP contribution in [0.2, 0.25) is 0 Å². The molecule has 0 N–H and O–H groups in total. The van der Waals surface area contributed by atoms with Crippen molar-refractivity contribution in [2.24, 2.45) is 0 Å². The summed E-state index contributed by atoms with van der Waals surface area (Å²) < 4.78 is 2.29. The van der Waals surface area contributed by atoms with Crippen LogP contribution < -0.4 is 0 Å². The maximum absolute atomic E-state index is 3.87. The minimum atomic E-state index is 0.634. The fourth-order valence-corrected chi connectivity index (χ4v) is 1.02. The van der Waals surface area contributed by atoms with Gasteiger partial charge in [0.1, 0.15) is 4.60 Å².